The first-order chi connectivity index (χ1) is 8.45. The van der Waals surface area contributed by atoms with Crippen molar-refractivity contribution in [1.82, 2.24) is 0 Å². The van der Waals surface area contributed by atoms with Crippen LogP contribution in [0.1, 0.15) is 0 Å². The molecule has 2 aromatic carbocycles. The van der Waals surface area contributed by atoms with Crippen LogP contribution in [0, 0.1) is 21.0 Å². The SMILES string of the molecule is Nc1cc(I)c(F)cc1Nc1cc(F)cc(F)c1. The molecule has 0 spiro atoms. The quantitative estimate of drug-likeness (QED) is 0.624. The van der Waals surface area contributed by atoms with Crippen LogP contribution in [0.5, 0.6) is 0 Å². The fourth-order valence-electron chi connectivity index (χ4n) is 1.45. The molecule has 2 aromatic rings. The minimum Gasteiger partial charge on any atom is -0.397 e. The average Bonchev–Trinajstić information content (AvgIpc) is 2.24. The number of rotatable bonds is 2. The Morgan fingerprint density at radius 2 is 1.56 bits per heavy atom. The summed E-state index contributed by atoms with van der Waals surface area (Å²) in [5.41, 5.74) is 6.42. The summed E-state index contributed by atoms with van der Waals surface area (Å²) in [7, 11) is 0. The van der Waals surface area contributed by atoms with Crippen molar-refractivity contribution in [3.05, 3.63) is 51.4 Å². The third-order valence-corrected chi connectivity index (χ3v) is 3.06. The summed E-state index contributed by atoms with van der Waals surface area (Å²) in [5.74, 6) is -1.90. The summed E-state index contributed by atoms with van der Waals surface area (Å²) in [5, 5.41) is 2.67. The Hall–Kier alpha value is -1.44. The standard InChI is InChI=1S/C12H8F3IN2/c13-6-1-7(14)3-8(2-6)18-12-4-9(15)10(16)5-11(12)17/h1-5,18H,17H2. The van der Waals surface area contributed by atoms with E-state index in [-0.39, 0.29) is 11.4 Å². The van der Waals surface area contributed by atoms with Crippen molar-refractivity contribution in [2.24, 2.45) is 0 Å². The van der Waals surface area contributed by atoms with Gasteiger partial charge in [-0.2, -0.15) is 0 Å². The zero-order chi connectivity index (χ0) is 13.3. The molecule has 0 atom stereocenters. The van der Waals surface area contributed by atoms with Crippen molar-refractivity contribution in [1.29, 1.82) is 0 Å². The van der Waals surface area contributed by atoms with E-state index < -0.39 is 17.5 Å². The van der Waals surface area contributed by atoms with E-state index in [1.165, 1.54) is 12.1 Å². The molecule has 3 N–H and O–H groups in total. The largest absolute Gasteiger partial charge is 0.397 e. The van der Waals surface area contributed by atoms with Gasteiger partial charge in [0, 0.05) is 17.8 Å². The van der Waals surface area contributed by atoms with Crippen molar-refractivity contribution in [2.45, 2.75) is 0 Å². The van der Waals surface area contributed by atoms with Crippen LogP contribution >= 0.6 is 22.6 Å². The molecule has 6 heteroatoms. The van der Waals surface area contributed by atoms with Crippen LogP contribution in [0.15, 0.2) is 30.3 Å². The van der Waals surface area contributed by atoms with E-state index in [4.69, 9.17) is 5.73 Å². The highest BCUT2D eigenvalue weighted by Crippen LogP contribution is 2.27. The molecule has 2 rings (SSSR count). The Labute approximate surface area is 115 Å². The van der Waals surface area contributed by atoms with Crippen LogP contribution in [-0.4, -0.2) is 0 Å². The van der Waals surface area contributed by atoms with Gasteiger partial charge in [-0.3, -0.25) is 0 Å². The Balaban J connectivity index is 2.36. The van der Waals surface area contributed by atoms with Crippen LogP contribution in [0.4, 0.5) is 30.2 Å². The molecule has 0 heterocycles. The first-order valence-corrected chi connectivity index (χ1v) is 6.01. The molecule has 0 saturated heterocycles. The van der Waals surface area contributed by atoms with Gasteiger partial charge in [0.1, 0.15) is 17.5 Å². The van der Waals surface area contributed by atoms with Crippen molar-refractivity contribution >= 4 is 39.7 Å². The van der Waals surface area contributed by atoms with Crippen molar-refractivity contribution in [3.8, 4) is 0 Å². The fraction of sp³-hybridized carbons (Fsp3) is 0. The summed E-state index contributed by atoms with van der Waals surface area (Å²) in [6.07, 6.45) is 0. The monoisotopic (exact) mass is 364 g/mol. The second kappa shape index (κ2) is 5.05. The highest BCUT2D eigenvalue weighted by atomic mass is 127. The molecular weight excluding hydrogens is 356 g/mol. The molecule has 0 radical (unpaired) electrons. The molecule has 0 bridgehead atoms. The Bertz CT molecular complexity index is 582. The van der Waals surface area contributed by atoms with Crippen LogP contribution in [0.25, 0.3) is 0 Å². The number of hydrogen-bond donors (Lipinski definition) is 2. The Morgan fingerprint density at radius 1 is 0.944 bits per heavy atom. The summed E-state index contributed by atoms with van der Waals surface area (Å²) in [6.45, 7) is 0. The first-order valence-electron chi connectivity index (χ1n) is 4.93. The van der Waals surface area contributed by atoms with Crippen molar-refractivity contribution in [3.63, 3.8) is 0 Å². The van der Waals surface area contributed by atoms with E-state index in [0.29, 0.717) is 9.26 Å². The van der Waals surface area contributed by atoms with Crippen LogP contribution < -0.4 is 11.1 Å². The Morgan fingerprint density at radius 3 is 2.17 bits per heavy atom. The lowest BCUT2D eigenvalue weighted by Gasteiger charge is -2.10. The van der Waals surface area contributed by atoms with Gasteiger partial charge >= 0.3 is 0 Å². The molecule has 0 fully saturated rings. The molecule has 18 heavy (non-hydrogen) atoms. The maximum Gasteiger partial charge on any atom is 0.138 e. The van der Waals surface area contributed by atoms with E-state index in [1.54, 1.807) is 22.6 Å². The highest BCUT2D eigenvalue weighted by molar-refractivity contribution is 14.1. The number of halogens is 4. The summed E-state index contributed by atoms with van der Waals surface area (Å²) in [6, 6.07) is 5.56. The van der Waals surface area contributed by atoms with Gasteiger partial charge in [-0.25, -0.2) is 13.2 Å². The number of benzene rings is 2. The van der Waals surface area contributed by atoms with Gasteiger partial charge in [0.05, 0.1) is 14.9 Å². The predicted octanol–water partition coefficient (Wildman–Crippen LogP) is 4.03. The van der Waals surface area contributed by atoms with Gasteiger partial charge in [-0.15, -0.1) is 0 Å². The van der Waals surface area contributed by atoms with Gasteiger partial charge in [-0.1, -0.05) is 0 Å². The summed E-state index contributed by atoms with van der Waals surface area (Å²) >= 11 is 1.81. The third kappa shape index (κ3) is 2.87. The van der Waals surface area contributed by atoms with Gasteiger partial charge in [0.15, 0.2) is 0 Å². The van der Waals surface area contributed by atoms with Gasteiger partial charge < -0.3 is 11.1 Å². The van der Waals surface area contributed by atoms with E-state index in [1.807, 2.05) is 0 Å². The number of hydrogen-bond acceptors (Lipinski definition) is 2. The maximum absolute atomic E-state index is 13.4. The molecule has 0 saturated carbocycles. The molecule has 2 nitrogen and oxygen atoms in total. The third-order valence-electron chi connectivity index (χ3n) is 2.23. The molecule has 0 aliphatic rings. The zero-order valence-electron chi connectivity index (χ0n) is 8.98. The van der Waals surface area contributed by atoms with Crippen molar-refractivity contribution < 1.29 is 13.2 Å². The molecule has 0 aromatic heterocycles. The fourth-order valence-corrected chi connectivity index (χ4v) is 1.94. The second-order valence-electron chi connectivity index (χ2n) is 3.64. The lowest BCUT2D eigenvalue weighted by atomic mass is 10.2. The second-order valence-corrected chi connectivity index (χ2v) is 4.80. The van der Waals surface area contributed by atoms with Gasteiger partial charge in [0.25, 0.3) is 0 Å². The van der Waals surface area contributed by atoms with Gasteiger partial charge in [0.2, 0.25) is 0 Å². The number of nitrogens with two attached hydrogens (primary N) is 1. The van der Waals surface area contributed by atoms with E-state index in [0.717, 1.165) is 18.2 Å². The normalized spacial score (nSPS) is 10.4. The molecule has 0 aliphatic heterocycles. The molecule has 0 amide bonds. The summed E-state index contributed by atoms with van der Waals surface area (Å²) in [4.78, 5) is 0. The average molecular weight is 364 g/mol. The number of nitrogen functional groups attached to an aromatic ring is 1. The molecular formula is C12H8F3IN2. The predicted molar refractivity (Wildman–Crippen MR) is 73.2 cm³/mol. The van der Waals surface area contributed by atoms with E-state index in [9.17, 15) is 13.2 Å². The number of anilines is 3. The van der Waals surface area contributed by atoms with Crippen LogP contribution in [-0.2, 0) is 0 Å². The maximum atomic E-state index is 13.4. The van der Waals surface area contributed by atoms with Gasteiger partial charge in [-0.05, 0) is 40.8 Å². The topological polar surface area (TPSA) is 38.0 Å². The van der Waals surface area contributed by atoms with Crippen LogP contribution in [0.3, 0.4) is 0 Å². The number of nitrogens with one attached hydrogen (secondary N) is 1. The van der Waals surface area contributed by atoms with Crippen LogP contribution in [0.2, 0.25) is 0 Å². The summed E-state index contributed by atoms with van der Waals surface area (Å²) < 4.78 is 39.7. The van der Waals surface area contributed by atoms with E-state index in [2.05, 4.69) is 5.32 Å². The molecule has 94 valence electrons. The lowest BCUT2D eigenvalue weighted by molar-refractivity contribution is 0.584. The first kappa shape index (κ1) is 13.0. The minimum atomic E-state index is -0.720. The minimum absolute atomic E-state index is 0.166. The lowest BCUT2D eigenvalue weighted by Crippen LogP contribution is -1.99. The van der Waals surface area contributed by atoms with E-state index >= 15 is 0 Å². The molecule has 0 unspecified atom stereocenters. The Kier molecular flexibility index (Phi) is 3.65. The zero-order valence-corrected chi connectivity index (χ0v) is 11.1. The smallest absolute Gasteiger partial charge is 0.138 e. The van der Waals surface area contributed by atoms with Crippen molar-refractivity contribution in [2.75, 3.05) is 11.1 Å². The molecule has 0 aliphatic carbocycles. The highest BCUT2D eigenvalue weighted by Gasteiger charge is 2.07.